The van der Waals surface area contributed by atoms with Gasteiger partial charge in [-0.25, -0.2) is 13.4 Å². The number of aromatic nitrogens is 1. The molecule has 0 spiro atoms. The molecule has 0 aliphatic carbocycles. The molecule has 0 radical (unpaired) electrons. The lowest BCUT2D eigenvalue weighted by atomic mass is 10.1. The van der Waals surface area contributed by atoms with Gasteiger partial charge < -0.3 is 14.5 Å². The second-order valence-corrected chi connectivity index (χ2v) is 10.0. The molecule has 0 atom stereocenters. The second-order valence-electron chi connectivity index (χ2n) is 6.99. The molecule has 3 rings (SSSR count). The lowest BCUT2D eigenvalue weighted by molar-refractivity contribution is 0.0740. The van der Waals surface area contributed by atoms with Crippen molar-refractivity contribution in [2.24, 2.45) is 0 Å². The highest BCUT2D eigenvalue weighted by molar-refractivity contribution is 7.90. The Kier molecular flexibility index (Phi) is 6.10. The standard InChI is InChI=1S/C19H22N4O4S2/c1-13(2)27-17-5-4-15(29(3,25)26)10-16(17)18(24)22-6-8-23(9-7-22)19-21-12-14(11-20)28-19/h4-5,10,12-13H,6-9H2,1-3H3. The molecule has 0 N–H and O–H groups in total. The van der Waals surface area contributed by atoms with E-state index in [0.29, 0.717) is 36.8 Å². The minimum absolute atomic E-state index is 0.0856. The van der Waals surface area contributed by atoms with Crippen LogP contribution in [0.4, 0.5) is 5.13 Å². The first-order valence-electron chi connectivity index (χ1n) is 9.10. The third-order valence-corrected chi connectivity index (χ3v) is 6.49. The first-order chi connectivity index (χ1) is 13.7. The van der Waals surface area contributed by atoms with E-state index in [2.05, 4.69) is 11.1 Å². The molecule has 1 aromatic carbocycles. The van der Waals surface area contributed by atoms with Gasteiger partial charge >= 0.3 is 0 Å². The number of hydrogen-bond acceptors (Lipinski definition) is 8. The Morgan fingerprint density at radius 1 is 1.28 bits per heavy atom. The third-order valence-electron chi connectivity index (χ3n) is 4.41. The second kappa shape index (κ2) is 8.39. The number of carbonyl (C=O) groups excluding carboxylic acids is 1. The van der Waals surface area contributed by atoms with Crippen LogP contribution in [-0.4, -0.2) is 62.7 Å². The number of nitrogens with zero attached hydrogens (tertiary/aromatic N) is 4. The molecule has 0 unspecified atom stereocenters. The fraction of sp³-hybridized carbons (Fsp3) is 0.421. The van der Waals surface area contributed by atoms with Crippen molar-refractivity contribution < 1.29 is 17.9 Å². The summed E-state index contributed by atoms with van der Waals surface area (Å²) in [6.45, 7) is 5.78. The molecule has 10 heteroatoms. The van der Waals surface area contributed by atoms with Gasteiger partial charge in [0.25, 0.3) is 5.91 Å². The number of hydrogen-bond donors (Lipinski definition) is 0. The minimum Gasteiger partial charge on any atom is -0.490 e. The van der Waals surface area contributed by atoms with Gasteiger partial charge in [0.05, 0.1) is 22.8 Å². The lowest BCUT2D eigenvalue weighted by Crippen LogP contribution is -2.48. The van der Waals surface area contributed by atoms with Gasteiger partial charge in [0, 0.05) is 32.4 Å². The molecule has 1 aliphatic rings. The van der Waals surface area contributed by atoms with Crippen LogP contribution in [0.3, 0.4) is 0 Å². The minimum atomic E-state index is -3.45. The average molecular weight is 435 g/mol. The lowest BCUT2D eigenvalue weighted by Gasteiger charge is -2.35. The number of benzene rings is 1. The summed E-state index contributed by atoms with van der Waals surface area (Å²) in [5.74, 6) is 0.112. The van der Waals surface area contributed by atoms with E-state index in [1.165, 1.54) is 23.5 Å². The molecule has 154 valence electrons. The van der Waals surface area contributed by atoms with Gasteiger partial charge in [0.2, 0.25) is 0 Å². The molecular weight excluding hydrogens is 412 g/mol. The molecule has 2 aromatic rings. The van der Waals surface area contributed by atoms with Gasteiger partial charge in [-0.15, -0.1) is 0 Å². The number of piperazine rings is 1. The smallest absolute Gasteiger partial charge is 0.257 e. The molecule has 1 fully saturated rings. The Hall–Kier alpha value is -2.64. The van der Waals surface area contributed by atoms with Gasteiger partial charge in [-0.2, -0.15) is 5.26 Å². The zero-order valence-electron chi connectivity index (χ0n) is 16.5. The molecule has 2 heterocycles. The van der Waals surface area contributed by atoms with Crippen LogP contribution in [0.5, 0.6) is 5.75 Å². The summed E-state index contributed by atoms with van der Waals surface area (Å²) >= 11 is 1.32. The summed E-state index contributed by atoms with van der Waals surface area (Å²) in [7, 11) is -3.45. The van der Waals surface area contributed by atoms with Crippen LogP contribution in [0.25, 0.3) is 0 Å². The number of rotatable bonds is 5. The highest BCUT2D eigenvalue weighted by atomic mass is 32.2. The van der Waals surface area contributed by atoms with Gasteiger partial charge in [0.1, 0.15) is 16.7 Å². The van der Waals surface area contributed by atoms with Crippen molar-refractivity contribution in [3.8, 4) is 11.8 Å². The van der Waals surface area contributed by atoms with Crippen molar-refractivity contribution >= 4 is 32.2 Å². The zero-order chi connectivity index (χ0) is 21.2. The van der Waals surface area contributed by atoms with Crippen LogP contribution in [0.15, 0.2) is 29.3 Å². The maximum Gasteiger partial charge on any atom is 0.257 e. The van der Waals surface area contributed by atoms with Crippen LogP contribution >= 0.6 is 11.3 Å². The Morgan fingerprint density at radius 2 is 1.97 bits per heavy atom. The normalized spacial score (nSPS) is 14.7. The number of amides is 1. The van der Waals surface area contributed by atoms with E-state index >= 15 is 0 Å². The third kappa shape index (κ3) is 4.86. The van der Waals surface area contributed by atoms with Crippen molar-refractivity contribution in [2.75, 3.05) is 37.3 Å². The van der Waals surface area contributed by atoms with Crippen LogP contribution in [0.2, 0.25) is 0 Å². The summed E-state index contributed by atoms with van der Waals surface area (Å²) in [6, 6.07) is 6.46. The molecular formula is C19H22N4O4S2. The molecule has 0 bridgehead atoms. The van der Waals surface area contributed by atoms with Crippen molar-refractivity contribution in [3.63, 3.8) is 0 Å². The Bertz CT molecular complexity index is 1050. The molecule has 29 heavy (non-hydrogen) atoms. The molecule has 1 saturated heterocycles. The SMILES string of the molecule is CC(C)Oc1ccc(S(C)(=O)=O)cc1C(=O)N1CCN(c2ncc(C#N)s2)CC1. The number of ether oxygens (including phenoxy) is 1. The number of carbonyl (C=O) groups is 1. The van der Waals surface area contributed by atoms with Crippen molar-refractivity contribution in [3.05, 3.63) is 34.8 Å². The van der Waals surface area contributed by atoms with E-state index in [1.54, 1.807) is 17.2 Å². The molecule has 0 saturated carbocycles. The van der Waals surface area contributed by atoms with E-state index in [1.807, 2.05) is 18.7 Å². The topological polar surface area (TPSA) is 104 Å². The van der Waals surface area contributed by atoms with Crippen LogP contribution in [-0.2, 0) is 9.84 Å². The van der Waals surface area contributed by atoms with Crippen molar-refractivity contribution in [1.82, 2.24) is 9.88 Å². The summed E-state index contributed by atoms with van der Waals surface area (Å²) in [5.41, 5.74) is 0.246. The van der Waals surface area contributed by atoms with E-state index < -0.39 is 9.84 Å². The van der Waals surface area contributed by atoms with Gasteiger partial charge in [-0.05, 0) is 32.0 Å². The number of thiazole rings is 1. The van der Waals surface area contributed by atoms with Crippen molar-refractivity contribution in [1.29, 1.82) is 5.26 Å². The zero-order valence-corrected chi connectivity index (χ0v) is 18.1. The number of anilines is 1. The monoisotopic (exact) mass is 434 g/mol. The largest absolute Gasteiger partial charge is 0.490 e. The van der Waals surface area contributed by atoms with E-state index in [-0.39, 0.29) is 22.5 Å². The predicted octanol–water partition coefficient (Wildman–Crippen LogP) is 2.17. The summed E-state index contributed by atoms with van der Waals surface area (Å²) in [5, 5.41) is 9.71. The van der Waals surface area contributed by atoms with Crippen LogP contribution in [0, 0.1) is 11.3 Å². The maximum absolute atomic E-state index is 13.2. The molecule has 1 amide bonds. The molecule has 8 nitrogen and oxygen atoms in total. The van der Waals surface area contributed by atoms with E-state index in [9.17, 15) is 13.2 Å². The maximum atomic E-state index is 13.2. The summed E-state index contributed by atoms with van der Waals surface area (Å²) < 4.78 is 29.6. The molecule has 1 aromatic heterocycles. The Balaban J connectivity index is 1.80. The number of sulfone groups is 1. The first-order valence-corrected chi connectivity index (χ1v) is 11.8. The number of nitriles is 1. The highest BCUT2D eigenvalue weighted by Gasteiger charge is 2.27. The fourth-order valence-electron chi connectivity index (χ4n) is 3.00. The van der Waals surface area contributed by atoms with E-state index in [0.717, 1.165) is 11.4 Å². The summed E-state index contributed by atoms with van der Waals surface area (Å²) in [4.78, 5) is 21.8. The summed E-state index contributed by atoms with van der Waals surface area (Å²) in [6.07, 6.45) is 2.51. The first kappa shape index (κ1) is 21.1. The van der Waals surface area contributed by atoms with Gasteiger partial charge in [-0.3, -0.25) is 4.79 Å². The molecule has 1 aliphatic heterocycles. The highest BCUT2D eigenvalue weighted by Crippen LogP contribution is 2.27. The van der Waals surface area contributed by atoms with Gasteiger partial charge in [0.15, 0.2) is 15.0 Å². The van der Waals surface area contributed by atoms with Gasteiger partial charge in [-0.1, -0.05) is 11.3 Å². The quantitative estimate of drug-likeness (QED) is 0.710. The van der Waals surface area contributed by atoms with E-state index in [4.69, 9.17) is 10.00 Å². The predicted molar refractivity (Wildman–Crippen MR) is 110 cm³/mol. The average Bonchev–Trinajstić information content (AvgIpc) is 3.16. The fourth-order valence-corrected chi connectivity index (χ4v) is 4.41. The Morgan fingerprint density at radius 3 is 2.52 bits per heavy atom. The van der Waals surface area contributed by atoms with Crippen LogP contribution in [0.1, 0.15) is 29.1 Å². The van der Waals surface area contributed by atoms with Crippen LogP contribution < -0.4 is 9.64 Å². The Labute approximate surface area is 174 Å². The van der Waals surface area contributed by atoms with Crippen molar-refractivity contribution in [2.45, 2.75) is 24.8 Å².